The molecule has 0 spiro atoms. The van der Waals surface area contributed by atoms with Crippen LogP contribution in [0.1, 0.15) is 21.7 Å². The van der Waals surface area contributed by atoms with Crippen molar-refractivity contribution in [1.29, 1.82) is 0 Å². The first-order valence-electron chi connectivity index (χ1n) is 13.1. The zero-order chi connectivity index (χ0) is 31.6. The lowest BCUT2D eigenvalue weighted by Crippen LogP contribution is -2.46. The fourth-order valence-corrected chi connectivity index (χ4v) is 7.23. The van der Waals surface area contributed by atoms with Gasteiger partial charge in [-0.15, -0.1) is 4.40 Å². The lowest BCUT2D eigenvalue weighted by molar-refractivity contribution is 0.0978. The molecule has 44 heavy (non-hydrogen) atoms. The number of anilines is 2. The van der Waals surface area contributed by atoms with Gasteiger partial charge in [-0.05, 0) is 55.0 Å². The molecule has 6 rings (SSSR count). The highest BCUT2D eigenvalue weighted by Crippen LogP contribution is 2.39. The van der Waals surface area contributed by atoms with E-state index in [9.17, 15) is 26.4 Å². The first-order valence-corrected chi connectivity index (χ1v) is 16.0. The summed E-state index contributed by atoms with van der Waals surface area (Å²) in [5, 5.41) is 9.92. The molecule has 4 aromatic rings. The van der Waals surface area contributed by atoms with Crippen molar-refractivity contribution in [2.75, 3.05) is 30.0 Å². The minimum absolute atomic E-state index is 0.0387. The molecule has 1 aromatic heterocycles. The molecule has 0 fully saturated rings. The molecule has 3 heterocycles. The predicted molar refractivity (Wildman–Crippen MR) is 161 cm³/mol. The number of nitrogens with two attached hydrogens (primary N) is 2. The number of benzene rings is 3. The quantitative estimate of drug-likeness (QED) is 0.337. The number of carbonyl (C=O) groups is 2. The van der Waals surface area contributed by atoms with Crippen LogP contribution in [0.2, 0.25) is 0 Å². The molecule has 2 amide bonds. The van der Waals surface area contributed by atoms with Gasteiger partial charge in [-0.2, -0.15) is 13.5 Å². The normalized spacial score (nSPS) is 15.4. The average Bonchev–Trinajstić information content (AvgIpc) is 3.50. The Morgan fingerprint density at radius 3 is 2.39 bits per heavy atom. The standard InChI is InChI=1S/C28H25N7O7S2/c1-16-13-23(35(31-16)18-8-10-25-20(15-18)26(29)32-44(25,40)41)27(36)33-11-12-34(28(37)42-2)22-14-17(7-9-21(22)33)19-5-3-4-6-24(19)43(30,38)39/h3-10,13-15H,11-12H2,1-2H3,(H2,29,32)(H2,30,38,39). The molecule has 0 atom stereocenters. The smallest absolute Gasteiger partial charge is 0.414 e. The maximum Gasteiger partial charge on any atom is 0.414 e. The van der Waals surface area contributed by atoms with E-state index in [-0.39, 0.29) is 40.0 Å². The average molecular weight is 636 g/mol. The molecule has 16 heteroatoms. The molecule has 4 N–H and O–H groups in total. The molecule has 2 aliphatic heterocycles. The summed E-state index contributed by atoms with van der Waals surface area (Å²) in [7, 11) is -6.73. The highest BCUT2D eigenvalue weighted by Gasteiger charge is 2.34. The number of aromatic nitrogens is 2. The minimum Gasteiger partial charge on any atom is -0.452 e. The van der Waals surface area contributed by atoms with Crippen LogP contribution in [0.4, 0.5) is 16.2 Å². The second kappa shape index (κ2) is 10.3. The predicted octanol–water partition coefficient (Wildman–Crippen LogP) is 2.14. The summed E-state index contributed by atoms with van der Waals surface area (Å²) in [5.41, 5.74) is 8.59. The number of nitrogens with zero attached hydrogens (tertiary/aromatic N) is 5. The molecule has 0 bridgehead atoms. The first kappa shape index (κ1) is 29.0. The van der Waals surface area contributed by atoms with E-state index in [1.54, 1.807) is 49.4 Å². The minimum atomic E-state index is -4.07. The Morgan fingerprint density at radius 1 is 0.932 bits per heavy atom. The molecule has 0 radical (unpaired) electrons. The molecular formula is C28H25N7O7S2. The SMILES string of the molecule is COC(=O)N1CCN(C(=O)c2cc(C)nn2-c2ccc3c(c2)C(N)=NS3(=O)=O)c2ccc(-c3ccccc3S(N)(=O)=O)cc21. The number of rotatable bonds is 4. The number of primary sulfonamides is 1. The second-order valence-corrected chi connectivity index (χ2v) is 13.1. The topological polar surface area (TPSA) is 200 Å². The maximum atomic E-state index is 14.1. The van der Waals surface area contributed by atoms with Gasteiger partial charge in [-0.1, -0.05) is 24.3 Å². The summed E-state index contributed by atoms with van der Waals surface area (Å²) < 4.78 is 59.0. The van der Waals surface area contributed by atoms with Crippen molar-refractivity contribution < 1.29 is 31.2 Å². The summed E-state index contributed by atoms with van der Waals surface area (Å²) >= 11 is 0. The van der Waals surface area contributed by atoms with E-state index in [1.807, 2.05) is 0 Å². The largest absolute Gasteiger partial charge is 0.452 e. The van der Waals surface area contributed by atoms with Gasteiger partial charge in [0, 0.05) is 24.2 Å². The van der Waals surface area contributed by atoms with Crippen LogP contribution < -0.4 is 20.7 Å². The fourth-order valence-electron chi connectivity index (χ4n) is 5.33. The highest BCUT2D eigenvalue weighted by atomic mass is 32.2. The highest BCUT2D eigenvalue weighted by molar-refractivity contribution is 7.90. The molecule has 0 saturated carbocycles. The number of fused-ring (bicyclic) bond motifs is 2. The van der Waals surface area contributed by atoms with E-state index in [4.69, 9.17) is 15.6 Å². The second-order valence-electron chi connectivity index (χ2n) is 10.0. The van der Waals surface area contributed by atoms with Crippen molar-refractivity contribution in [3.8, 4) is 16.8 Å². The molecule has 2 aliphatic rings. The van der Waals surface area contributed by atoms with Crippen molar-refractivity contribution >= 4 is 49.3 Å². The Labute approximate surface area is 252 Å². The molecular weight excluding hydrogens is 610 g/mol. The van der Waals surface area contributed by atoms with Gasteiger partial charge in [0.25, 0.3) is 15.9 Å². The molecule has 0 aliphatic carbocycles. The number of ether oxygens (including phenoxy) is 1. The third kappa shape index (κ3) is 4.78. The number of methoxy groups -OCH3 is 1. The number of amides is 2. The Kier molecular flexibility index (Phi) is 6.79. The van der Waals surface area contributed by atoms with Crippen LogP contribution in [0.3, 0.4) is 0 Å². The van der Waals surface area contributed by atoms with Gasteiger partial charge in [-0.25, -0.2) is 23.0 Å². The van der Waals surface area contributed by atoms with Crippen LogP contribution in [-0.4, -0.2) is 64.7 Å². The van der Waals surface area contributed by atoms with Crippen LogP contribution in [0.5, 0.6) is 0 Å². The number of aryl methyl sites for hydroxylation is 1. The molecule has 14 nitrogen and oxygen atoms in total. The van der Waals surface area contributed by atoms with Crippen LogP contribution >= 0.6 is 0 Å². The van der Waals surface area contributed by atoms with Crippen molar-refractivity contribution in [1.82, 2.24) is 9.78 Å². The molecule has 3 aromatic carbocycles. The van der Waals surface area contributed by atoms with Crippen molar-refractivity contribution in [3.05, 3.63) is 83.7 Å². The van der Waals surface area contributed by atoms with E-state index < -0.39 is 32.0 Å². The third-order valence-electron chi connectivity index (χ3n) is 7.28. The van der Waals surface area contributed by atoms with Gasteiger partial charge in [-0.3, -0.25) is 9.69 Å². The monoisotopic (exact) mass is 635 g/mol. The Bertz CT molecular complexity index is 2140. The summed E-state index contributed by atoms with van der Waals surface area (Å²) in [5.74, 6) is -0.616. The molecule has 0 unspecified atom stereocenters. The summed E-state index contributed by atoms with van der Waals surface area (Å²) in [6.07, 6.45) is -0.663. The number of carbonyl (C=O) groups excluding carboxylic acids is 2. The van der Waals surface area contributed by atoms with Gasteiger partial charge in [0.1, 0.15) is 16.4 Å². The van der Waals surface area contributed by atoms with Gasteiger partial charge < -0.3 is 15.4 Å². The van der Waals surface area contributed by atoms with Gasteiger partial charge in [0.2, 0.25) is 10.0 Å². The number of amidine groups is 1. The fraction of sp³-hybridized carbons (Fsp3) is 0.143. The van der Waals surface area contributed by atoms with Gasteiger partial charge >= 0.3 is 6.09 Å². The lowest BCUT2D eigenvalue weighted by Gasteiger charge is -2.36. The van der Waals surface area contributed by atoms with Crippen LogP contribution in [0.25, 0.3) is 16.8 Å². The van der Waals surface area contributed by atoms with E-state index in [1.165, 1.54) is 45.9 Å². The van der Waals surface area contributed by atoms with E-state index in [0.29, 0.717) is 33.9 Å². The Balaban J connectivity index is 1.45. The van der Waals surface area contributed by atoms with Crippen LogP contribution in [0, 0.1) is 6.92 Å². The van der Waals surface area contributed by atoms with Gasteiger partial charge in [0.15, 0.2) is 0 Å². The molecule has 226 valence electrons. The zero-order valence-corrected chi connectivity index (χ0v) is 25.0. The maximum absolute atomic E-state index is 14.1. The summed E-state index contributed by atoms with van der Waals surface area (Å²) in [6, 6.07) is 17.0. The van der Waals surface area contributed by atoms with Crippen molar-refractivity contribution in [3.63, 3.8) is 0 Å². The van der Waals surface area contributed by atoms with Crippen molar-refractivity contribution in [2.24, 2.45) is 15.3 Å². The molecule has 0 saturated heterocycles. The zero-order valence-electron chi connectivity index (χ0n) is 23.3. The van der Waals surface area contributed by atoms with E-state index in [2.05, 4.69) is 9.50 Å². The first-order chi connectivity index (χ1) is 20.8. The van der Waals surface area contributed by atoms with Crippen LogP contribution in [-0.2, 0) is 24.8 Å². The third-order valence-corrected chi connectivity index (χ3v) is 9.60. The number of hydrogen-bond donors (Lipinski definition) is 2. The number of sulfonamides is 2. The summed E-state index contributed by atoms with van der Waals surface area (Å²) in [4.78, 5) is 29.6. The number of hydrogen-bond acceptors (Lipinski definition) is 9. The van der Waals surface area contributed by atoms with E-state index >= 15 is 0 Å². The van der Waals surface area contributed by atoms with Gasteiger partial charge in [0.05, 0.1) is 34.8 Å². The van der Waals surface area contributed by atoms with Crippen LogP contribution in [0.15, 0.2) is 80.9 Å². The van der Waals surface area contributed by atoms with E-state index in [0.717, 1.165) is 0 Å². The Morgan fingerprint density at radius 2 is 1.66 bits per heavy atom. The summed E-state index contributed by atoms with van der Waals surface area (Å²) in [6.45, 7) is 1.88. The van der Waals surface area contributed by atoms with Crippen molar-refractivity contribution in [2.45, 2.75) is 16.7 Å². The lowest BCUT2D eigenvalue weighted by atomic mass is 10.0. The Hall–Kier alpha value is -5.06.